The van der Waals surface area contributed by atoms with E-state index >= 15 is 0 Å². The normalized spacial score (nSPS) is 15.1. The highest BCUT2D eigenvalue weighted by Gasteiger charge is 2.10. The molecule has 28 heavy (non-hydrogen) atoms. The molecule has 6 nitrogen and oxygen atoms in total. The average Bonchev–Trinajstić information content (AvgIpc) is 3.40. The number of likely N-dealkylation sites (tertiary alicyclic amines) is 1. The van der Waals surface area contributed by atoms with Crippen LogP contribution >= 0.6 is 11.3 Å². The molecule has 4 rings (SSSR count). The van der Waals surface area contributed by atoms with Gasteiger partial charge in [-0.3, -0.25) is 4.79 Å². The first kappa shape index (κ1) is 19.1. The molecule has 0 aromatic carbocycles. The van der Waals surface area contributed by atoms with E-state index in [2.05, 4.69) is 27.1 Å². The summed E-state index contributed by atoms with van der Waals surface area (Å²) in [5.41, 5.74) is 0.856. The van der Waals surface area contributed by atoms with Crippen LogP contribution in [0.4, 0.5) is 0 Å². The Kier molecular flexibility index (Phi) is 6.34. The minimum absolute atomic E-state index is 0.0167. The Hall–Kier alpha value is -2.25. The number of aryl methyl sites for hydroxylation is 1. The van der Waals surface area contributed by atoms with Crippen molar-refractivity contribution in [3.05, 3.63) is 58.2 Å². The smallest absolute Gasteiger partial charge is 0.266 e. The van der Waals surface area contributed by atoms with E-state index in [-0.39, 0.29) is 5.56 Å². The van der Waals surface area contributed by atoms with Crippen molar-refractivity contribution >= 4 is 11.3 Å². The van der Waals surface area contributed by atoms with Gasteiger partial charge in [-0.2, -0.15) is 5.10 Å². The van der Waals surface area contributed by atoms with Crippen LogP contribution in [0, 0.1) is 0 Å². The zero-order valence-electron chi connectivity index (χ0n) is 16.2. The van der Waals surface area contributed by atoms with Gasteiger partial charge in [-0.25, -0.2) is 9.67 Å². The Balaban J connectivity index is 1.35. The van der Waals surface area contributed by atoms with Crippen molar-refractivity contribution < 1.29 is 0 Å². The Morgan fingerprint density at radius 2 is 1.86 bits per heavy atom. The molecule has 0 radical (unpaired) electrons. The predicted octanol–water partition coefficient (Wildman–Crippen LogP) is 3.48. The molecule has 3 aromatic heterocycles. The summed E-state index contributed by atoms with van der Waals surface area (Å²) >= 11 is 1.71. The Bertz CT molecular complexity index is 924. The molecule has 1 aliphatic rings. The highest BCUT2D eigenvalue weighted by molar-refractivity contribution is 7.15. The van der Waals surface area contributed by atoms with Gasteiger partial charge in [-0.05, 0) is 63.5 Å². The summed E-state index contributed by atoms with van der Waals surface area (Å²) in [6.07, 6.45) is 11.7. The lowest BCUT2D eigenvalue weighted by Gasteiger charge is -2.26. The molecule has 148 valence electrons. The summed E-state index contributed by atoms with van der Waals surface area (Å²) in [5.74, 6) is 0. The third kappa shape index (κ3) is 4.97. The molecule has 3 aromatic rings. The van der Waals surface area contributed by atoms with Crippen molar-refractivity contribution in [2.45, 2.75) is 45.2 Å². The molecule has 7 heteroatoms. The number of aromatic nitrogens is 4. The van der Waals surface area contributed by atoms with Crippen LogP contribution in [-0.2, 0) is 13.1 Å². The van der Waals surface area contributed by atoms with Gasteiger partial charge in [0.1, 0.15) is 5.69 Å². The number of hydrogen-bond donors (Lipinski definition) is 0. The second kappa shape index (κ2) is 9.30. The second-order valence-corrected chi connectivity index (χ2v) is 8.56. The molecule has 0 spiro atoms. The van der Waals surface area contributed by atoms with E-state index in [9.17, 15) is 4.79 Å². The maximum atomic E-state index is 12.2. The van der Waals surface area contributed by atoms with Crippen molar-refractivity contribution in [1.29, 1.82) is 0 Å². The topological polar surface area (TPSA) is 56.0 Å². The lowest BCUT2D eigenvalue weighted by atomic mass is 10.1. The van der Waals surface area contributed by atoms with E-state index in [1.54, 1.807) is 28.3 Å². The SMILES string of the molecule is O=c1ccc(-c2ccc(Cn3ccnc3)s2)nn1CCCCN1CCCCC1. The van der Waals surface area contributed by atoms with Gasteiger partial charge in [0.25, 0.3) is 5.56 Å². The number of thiophene rings is 1. The maximum absolute atomic E-state index is 12.2. The molecule has 4 heterocycles. The molecule has 0 amide bonds. The Morgan fingerprint density at radius 1 is 1.00 bits per heavy atom. The van der Waals surface area contributed by atoms with Crippen LogP contribution in [-0.4, -0.2) is 43.9 Å². The van der Waals surface area contributed by atoms with Crippen molar-refractivity contribution in [3.63, 3.8) is 0 Å². The van der Waals surface area contributed by atoms with Gasteiger partial charge >= 0.3 is 0 Å². The summed E-state index contributed by atoms with van der Waals surface area (Å²) in [6.45, 7) is 5.09. The second-order valence-electron chi connectivity index (χ2n) is 7.39. The molecule has 0 saturated carbocycles. The minimum atomic E-state index is -0.0167. The lowest BCUT2D eigenvalue weighted by molar-refractivity contribution is 0.223. The van der Waals surface area contributed by atoms with Crippen molar-refractivity contribution in [2.24, 2.45) is 0 Å². The van der Waals surface area contributed by atoms with Gasteiger partial charge in [0.05, 0.1) is 17.7 Å². The van der Waals surface area contributed by atoms with Gasteiger partial charge in [-0.1, -0.05) is 6.42 Å². The fourth-order valence-electron chi connectivity index (χ4n) is 3.68. The number of imidazole rings is 1. The number of rotatable bonds is 8. The number of nitrogens with zero attached hydrogens (tertiary/aromatic N) is 5. The van der Waals surface area contributed by atoms with Gasteiger partial charge in [0.15, 0.2) is 0 Å². The van der Waals surface area contributed by atoms with Gasteiger partial charge in [-0.15, -0.1) is 11.3 Å². The van der Waals surface area contributed by atoms with Crippen LogP contribution in [0.2, 0.25) is 0 Å². The highest BCUT2D eigenvalue weighted by Crippen LogP contribution is 2.26. The van der Waals surface area contributed by atoms with E-state index in [0.29, 0.717) is 6.54 Å². The minimum Gasteiger partial charge on any atom is -0.332 e. The zero-order chi connectivity index (χ0) is 19.2. The summed E-state index contributed by atoms with van der Waals surface area (Å²) in [5, 5.41) is 4.62. The number of piperidine rings is 1. The molecular weight excluding hydrogens is 370 g/mol. The Labute approximate surface area is 169 Å². The van der Waals surface area contributed by atoms with Crippen molar-refractivity contribution in [2.75, 3.05) is 19.6 Å². The first-order valence-electron chi connectivity index (χ1n) is 10.1. The van der Waals surface area contributed by atoms with Crippen molar-refractivity contribution in [1.82, 2.24) is 24.2 Å². The van der Waals surface area contributed by atoms with E-state index in [4.69, 9.17) is 0 Å². The quantitative estimate of drug-likeness (QED) is 0.546. The van der Waals surface area contributed by atoms with Gasteiger partial charge < -0.3 is 9.47 Å². The molecule has 0 bridgehead atoms. The third-order valence-electron chi connectivity index (χ3n) is 5.22. The molecule has 0 atom stereocenters. The molecule has 0 unspecified atom stereocenters. The van der Waals surface area contributed by atoms with E-state index in [0.717, 1.165) is 36.5 Å². The molecule has 0 N–H and O–H groups in total. The van der Waals surface area contributed by atoms with E-state index < -0.39 is 0 Å². The van der Waals surface area contributed by atoms with Crippen LogP contribution in [0.5, 0.6) is 0 Å². The maximum Gasteiger partial charge on any atom is 0.266 e. The van der Waals surface area contributed by atoms with Crippen LogP contribution in [0.15, 0.2) is 47.8 Å². The molecule has 1 fully saturated rings. The molecule has 0 aliphatic carbocycles. The van der Waals surface area contributed by atoms with Crippen LogP contribution in [0.3, 0.4) is 0 Å². The summed E-state index contributed by atoms with van der Waals surface area (Å²) in [6, 6.07) is 7.68. The average molecular weight is 398 g/mol. The van der Waals surface area contributed by atoms with E-state index in [1.165, 1.54) is 37.2 Å². The third-order valence-corrected chi connectivity index (χ3v) is 6.31. The standard InChI is InChI=1S/C21H27N5OS/c27-21-9-7-19(20-8-6-18(28-20)16-25-15-10-22-17-25)23-26(21)14-5-4-13-24-11-2-1-3-12-24/h6-10,15,17H,1-5,11-14,16H2. The largest absolute Gasteiger partial charge is 0.332 e. The van der Waals surface area contributed by atoms with E-state index in [1.807, 2.05) is 23.2 Å². The lowest BCUT2D eigenvalue weighted by Crippen LogP contribution is -2.31. The Morgan fingerprint density at radius 3 is 2.68 bits per heavy atom. The summed E-state index contributed by atoms with van der Waals surface area (Å²) in [4.78, 5) is 21.2. The summed E-state index contributed by atoms with van der Waals surface area (Å²) < 4.78 is 3.67. The monoisotopic (exact) mass is 397 g/mol. The van der Waals surface area contributed by atoms with Crippen LogP contribution in [0.1, 0.15) is 37.0 Å². The van der Waals surface area contributed by atoms with Crippen LogP contribution < -0.4 is 5.56 Å². The first-order chi connectivity index (χ1) is 13.8. The number of hydrogen-bond acceptors (Lipinski definition) is 5. The van der Waals surface area contributed by atoms with Gasteiger partial charge in [0.2, 0.25) is 0 Å². The van der Waals surface area contributed by atoms with Gasteiger partial charge in [0, 0.05) is 29.9 Å². The fraction of sp³-hybridized carbons (Fsp3) is 0.476. The molecule has 1 aliphatic heterocycles. The highest BCUT2D eigenvalue weighted by atomic mass is 32.1. The number of unbranched alkanes of at least 4 members (excludes halogenated alkanes) is 1. The summed E-state index contributed by atoms with van der Waals surface area (Å²) in [7, 11) is 0. The van der Waals surface area contributed by atoms with Crippen LogP contribution in [0.25, 0.3) is 10.6 Å². The first-order valence-corrected chi connectivity index (χ1v) is 10.9. The fourth-order valence-corrected chi connectivity index (χ4v) is 4.66. The zero-order valence-corrected chi connectivity index (χ0v) is 17.0. The predicted molar refractivity (Wildman–Crippen MR) is 113 cm³/mol. The van der Waals surface area contributed by atoms with Crippen molar-refractivity contribution in [3.8, 4) is 10.6 Å². The molecular formula is C21H27N5OS. The molecule has 1 saturated heterocycles.